The molecule has 3 rings (SSSR count). The number of hydrogen-bond donors (Lipinski definition) is 0. The molecular formula is C21H23ClFN3O4S. The summed E-state index contributed by atoms with van der Waals surface area (Å²) in [4.78, 5) is 27.1. The van der Waals surface area contributed by atoms with E-state index in [2.05, 4.69) is 0 Å². The molecule has 0 N–H and O–H groups in total. The first-order valence-electron chi connectivity index (χ1n) is 9.65. The number of amides is 2. The van der Waals surface area contributed by atoms with Gasteiger partial charge in [-0.25, -0.2) is 12.8 Å². The number of halogens is 2. The number of nitrogens with zero attached hydrogens (tertiary/aromatic N) is 3. The van der Waals surface area contributed by atoms with Crippen LogP contribution in [0.1, 0.15) is 22.8 Å². The Hall–Kier alpha value is -2.49. The summed E-state index contributed by atoms with van der Waals surface area (Å²) in [5.41, 5.74) is 0.485. The number of benzene rings is 2. The molecule has 1 fully saturated rings. The lowest BCUT2D eigenvalue weighted by atomic mass is 10.1. The fourth-order valence-corrected chi connectivity index (χ4v) is 5.02. The predicted octanol–water partition coefficient (Wildman–Crippen LogP) is 2.60. The van der Waals surface area contributed by atoms with E-state index in [0.717, 1.165) is 0 Å². The van der Waals surface area contributed by atoms with Crippen LogP contribution < -0.4 is 0 Å². The van der Waals surface area contributed by atoms with Crippen molar-refractivity contribution in [3.63, 3.8) is 0 Å². The summed E-state index contributed by atoms with van der Waals surface area (Å²) in [7, 11) is -2.21. The van der Waals surface area contributed by atoms with Crippen LogP contribution in [0.15, 0.2) is 47.4 Å². The molecule has 1 aliphatic heterocycles. The molecule has 7 nitrogen and oxygen atoms in total. The maximum atomic E-state index is 14.0. The summed E-state index contributed by atoms with van der Waals surface area (Å²) in [6, 6.07) is 9.93. The van der Waals surface area contributed by atoms with E-state index >= 15 is 0 Å². The van der Waals surface area contributed by atoms with E-state index in [-0.39, 0.29) is 46.6 Å². The van der Waals surface area contributed by atoms with E-state index in [9.17, 15) is 22.4 Å². The first-order chi connectivity index (χ1) is 14.6. The maximum absolute atomic E-state index is 14.0. The van der Waals surface area contributed by atoms with Crippen molar-refractivity contribution in [3.05, 3.63) is 64.4 Å². The van der Waals surface area contributed by atoms with Crippen LogP contribution in [0.5, 0.6) is 0 Å². The second-order valence-corrected chi connectivity index (χ2v) is 9.64. The highest BCUT2D eigenvalue weighted by Gasteiger charge is 2.29. The Morgan fingerprint density at radius 1 is 1.06 bits per heavy atom. The summed E-state index contributed by atoms with van der Waals surface area (Å²) in [5, 5.41) is 0.228. The molecule has 0 radical (unpaired) electrons. The van der Waals surface area contributed by atoms with Gasteiger partial charge in [0.25, 0.3) is 5.91 Å². The molecule has 0 aliphatic carbocycles. The van der Waals surface area contributed by atoms with Gasteiger partial charge in [0.2, 0.25) is 15.9 Å². The smallest absolute Gasteiger partial charge is 0.253 e. The molecule has 0 atom stereocenters. The molecule has 1 saturated heterocycles. The number of piperazine rings is 1. The molecule has 2 aromatic rings. The monoisotopic (exact) mass is 467 g/mol. The normalized spacial score (nSPS) is 15.0. The molecule has 0 saturated carbocycles. The molecule has 2 amide bonds. The van der Waals surface area contributed by atoms with Gasteiger partial charge in [-0.2, -0.15) is 4.31 Å². The Labute approximate surface area is 186 Å². The molecule has 1 heterocycles. The Morgan fingerprint density at radius 2 is 1.68 bits per heavy atom. The molecule has 0 unspecified atom stereocenters. The number of carbonyl (C=O) groups is 2. The third-order valence-electron chi connectivity index (χ3n) is 5.23. The van der Waals surface area contributed by atoms with Gasteiger partial charge in [-0.3, -0.25) is 9.59 Å². The zero-order valence-corrected chi connectivity index (χ0v) is 18.8. The van der Waals surface area contributed by atoms with Gasteiger partial charge in [-0.15, -0.1) is 0 Å². The molecule has 0 spiro atoms. The largest absolute Gasteiger partial charge is 0.340 e. The minimum Gasteiger partial charge on any atom is -0.340 e. The van der Waals surface area contributed by atoms with E-state index in [0.29, 0.717) is 13.1 Å². The van der Waals surface area contributed by atoms with Gasteiger partial charge >= 0.3 is 0 Å². The maximum Gasteiger partial charge on any atom is 0.253 e. The lowest BCUT2D eigenvalue weighted by Gasteiger charge is -2.33. The first kappa shape index (κ1) is 23.2. The first-order valence-corrected chi connectivity index (χ1v) is 11.5. The molecule has 166 valence electrons. The van der Waals surface area contributed by atoms with E-state index in [1.807, 2.05) is 0 Å². The van der Waals surface area contributed by atoms with Gasteiger partial charge in [-0.1, -0.05) is 17.7 Å². The van der Waals surface area contributed by atoms with Crippen LogP contribution >= 0.6 is 11.6 Å². The van der Waals surface area contributed by atoms with Crippen molar-refractivity contribution in [2.45, 2.75) is 18.4 Å². The number of hydrogen-bond acceptors (Lipinski definition) is 4. The van der Waals surface area contributed by atoms with Crippen molar-refractivity contribution >= 4 is 33.4 Å². The van der Waals surface area contributed by atoms with Crippen LogP contribution in [0.25, 0.3) is 0 Å². The van der Waals surface area contributed by atoms with Gasteiger partial charge in [0.1, 0.15) is 5.82 Å². The lowest BCUT2D eigenvalue weighted by Crippen LogP contribution is -2.49. The molecule has 31 heavy (non-hydrogen) atoms. The second kappa shape index (κ2) is 9.33. The highest BCUT2D eigenvalue weighted by atomic mass is 35.5. The Balaban J connectivity index is 1.70. The molecule has 1 aliphatic rings. The van der Waals surface area contributed by atoms with E-state index in [1.165, 1.54) is 59.6 Å². The van der Waals surface area contributed by atoms with Crippen LogP contribution in [0.4, 0.5) is 4.39 Å². The summed E-state index contributed by atoms with van der Waals surface area (Å²) in [6.07, 6.45) is 0. The van der Waals surface area contributed by atoms with Crippen molar-refractivity contribution in [3.8, 4) is 0 Å². The van der Waals surface area contributed by atoms with E-state index in [1.54, 1.807) is 11.0 Å². The van der Waals surface area contributed by atoms with Crippen LogP contribution in [0, 0.1) is 5.82 Å². The van der Waals surface area contributed by atoms with Crippen molar-refractivity contribution in [1.29, 1.82) is 0 Å². The van der Waals surface area contributed by atoms with E-state index < -0.39 is 21.7 Å². The second-order valence-electron chi connectivity index (χ2n) is 7.30. The quantitative estimate of drug-likeness (QED) is 0.677. The fourth-order valence-electron chi connectivity index (χ4n) is 3.37. The minimum atomic E-state index is -3.73. The molecule has 10 heteroatoms. The summed E-state index contributed by atoms with van der Waals surface area (Å²) in [6.45, 7) is 2.55. The third kappa shape index (κ3) is 5.06. The minimum absolute atomic E-state index is 0.0230. The zero-order chi connectivity index (χ0) is 22.8. The molecule has 0 aromatic heterocycles. The van der Waals surface area contributed by atoms with Crippen LogP contribution in [0.3, 0.4) is 0 Å². The van der Waals surface area contributed by atoms with Crippen LogP contribution in [-0.2, 0) is 21.4 Å². The number of sulfonamides is 1. The van der Waals surface area contributed by atoms with Gasteiger partial charge in [0, 0.05) is 62.8 Å². The average molecular weight is 468 g/mol. The van der Waals surface area contributed by atoms with Gasteiger partial charge in [0.15, 0.2) is 0 Å². The highest BCUT2D eigenvalue weighted by Crippen LogP contribution is 2.22. The number of carbonyl (C=O) groups excluding carboxylic acids is 2. The van der Waals surface area contributed by atoms with Crippen LogP contribution in [-0.4, -0.2) is 67.6 Å². The molecule has 2 aromatic carbocycles. The standard InChI is InChI=1S/C21H23ClFN3O4S/c1-15(27)25-10-12-26(13-11-25)31(29,30)17-8-6-16(7-9-17)21(28)24(2)14-18-19(22)4-3-5-20(18)23/h3-9H,10-14H2,1-2H3. The van der Waals surface area contributed by atoms with Gasteiger partial charge < -0.3 is 9.80 Å². The SMILES string of the molecule is CC(=O)N1CCN(S(=O)(=O)c2ccc(C(=O)N(C)Cc3c(F)cccc3Cl)cc2)CC1. The van der Waals surface area contributed by atoms with Crippen molar-refractivity contribution in [1.82, 2.24) is 14.1 Å². The lowest BCUT2D eigenvalue weighted by molar-refractivity contribution is -0.129. The number of rotatable bonds is 5. The van der Waals surface area contributed by atoms with E-state index in [4.69, 9.17) is 11.6 Å². The Morgan fingerprint density at radius 3 is 2.23 bits per heavy atom. The third-order valence-corrected chi connectivity index (χ3v) is 7.49. The predicted molar refractivity (Wildman–Crippen MR) is 115 cm³/mol. The van der Waals surface area contributed by atoms with Gasteiger partial charge in [-0.05, 0) is 36.4 Å². The summed E-state index contributed by atoms with van der Waals surface area (Å²) >= 11 is 6.02. The molecule has 0 bridgehead atoms. The topological polar surface area (TPSA) is 78.0 Å². The van der Waals surface area contributed by atoms with Crippen molar-refractivity contribution in [2.75, 3.05) is 33.2 Å². The zero-order valence-electron chi connectivity index (χ0n) is 17.2. The fraction of sp³-hybridized carbons (Fsp3) is 0.333. The average Bonchev–Trinajstić information content (AvgIpc) is 2.76. The van der Waals surface area contributed by atoms with Gasteiger partial charge in [0.05, 0.1) is 4.90 Å². The van der Waals surface area contributed by atoms with Crippen LogP contribution in [0.2, 0.25) is 5.02 Å². The Bertz CT molecular complexity index is 1060. The summed E-state index contributed by atoms with van der Waals surface area (Å²) < 4.78 is 41.1. The summed E-state index contributed by atoms with van der Waals surface area (Å²) in [5.74, 6) is -0.975. The van der Waals surface area contributed by atoms with Crippen molar-refractivity contribution < 1.29 is 22.4 Å². The molecular weight excluding hydrogens is 445 g/mol. The highest BCUT2D eigenvalue weighted by molar-refractivity contribution is 7.89. The van der Waals surface area contributed by atoms with Crippen molar-refractivity contribution in [2.24, 2.45) is 0 Å². The Kier molecular flexibility index (Phi) is 6.98.